The van der Waals surface area contributed by atoms with Crippen molar-refractivity contribution in [2.24, 2.45) is 5.41 Å². The van der Waals surface area contributed by atoms with Gasteiger partial charge in [-0.3, -0.25) is 13.7 Å². The number of rotatable bonds is 6. The molecular weight excluding hydrogens is 470 g/mol. The summed E-state index contributed by atoms with van der Waals surface area (Å²) in [5.41, 5.74) is 1.54. The van der Waals surface area contributed by atoms with Crippen molar-refractivity contribution in [2.75, 3.05) is 5.75 Å². The molecule has 0 fully saturated rings. The molecule has 0 amide bonds. The second-order valence-corrected chi connectivity index (χ2v) is 12.5. The SMILES string of the molecule is CC1=C(CCCS(=O)(=O)O)c2c(n(S(=O)(=O)O)c3cc(S(=O)(=O)O)ccc23)CC1(C)C. The first-order chi connectivity index (χ1) is 13.9. The quantitative estimate of drug-likeness (QED) is 0.512. The van der Waals surface area contributed by atoms with Crippen LogP contribution in [0.4, 0.5) is 0 Å². The van der Waals surface area contributed by atoms with Gasteiger partial charge in [0, 0.05) is 16.6 Å². The number of allylic oxidation sites excluding steroid dienone is 2. The van der Waals surface area contributed by atoms with Gasteiger partial charge in [0.2, 0.25) is 0 Å². The summed E-state index contributed by atoms with van der Waals surface area (Å²) in [6.07, 6.45) is 0.473. The summed E-state index contributed by atoms with van der Waals surface area (Å²) in [7, 11) is -13.7. The molecule has 0 unspecified atom stereocenters. The molecule has 1 aliphatic carbocycles. The third kappa shape index (κ3) is 4.56. The van der Waals surface area contributed by atoms with Gasteiger partial charge in [0.1, 0.15) is 0 Å². The Labute approximate surface area is 181 Å². The van der Waals surface area contributed by atoms with Crippen molar-refractivity contribution in [3.05, 3.63) is 35.0 Å². The standard InChI is InChI=1S/C18H23NO9S3/c1-11-13(5-4-8-29(20,21)22)17-14-7-6-12(30(23,24)25)9-15(14)19(31(26,27)28)16(17)10-18(11,2)3/h6-7,9H,4-5,8,10H2,1-3H3,(H,20,21,22)(H,23,24,25)(H,26,27,28). The van der Waals surface area contributed by atoms with Crippen LogP contribution < -0.4 is 0 Å². The molecule has 0 spiro atoms. The van der Waals surface area contributed by atoms with E-state index in [0.717, 1.165) is 17.7 Å². The summed E-state index contributed by atoms with van der Waals surface area (Å²) in [5.74, 6) is -0.483. The Kier molecular flexibility index (Phi) is 5.69. The monoisotopic (exact) mass is 493 g/mol. The molecule has 3 rings (SSSR count). The molecule has 1 aliphatic rings. The average molecular weight is 494 g/mol. The van der Waals surface area contributed by atoms with E-state index in [1.54, 1.807) is 0 Å². The molecular formula is C18H23NO9S3. The van der Waals surface area contributed by atoms with Crippen molar-refractivity contribution in [2.45, 2.75) is 44.9 Å². The Morgan fingerprint density at radius 1 is 1.03 bits per heavy atom. The molecule has 1 heterocycles. The van der Waals surface area contributed by atoms with Crippen molar-refractivity contribution in [3.63, 3.8) is 0 Å². The molecule has 10 nitrogen and oxygen atoms in total. The predicted octanol–water partition coefficient (Wildman–Crippen LogP) is 2.56. The predicted molar refractivity (Wildman–Crippen MR) is 114 cm³/mol. The first kappa shape index (κ1) is 23.9. The number of fused-ring (bicyclic) bond motifs is 3. The van der Waals surface area contributed by atoms with E-state index in [2.05, 4.69) is 0 Å². The van der Waals surface area contributed by atoms with Crippen LogP contribution >= 0.6 is 0 Å². The van der Waals surface area contributed by atoms with Gasteiger partial charge >= 0.3 is 10.3 Å². The summed E-state index contributed by atoms with van der Waals surface area (Å²) in [5, 5.41) is 0.330. The maximum absolute atomic E-state index is 12.3. The zero-order chi connectivity index (χ0) is 23.6. The maximum atomic E-state index is 12.3. The Hall–Kier alpha value is -1.77. The van der Waals surface area contributed by atoms with Gasteiger partial charge in [-0.05, 0) is 49.3 Å². The van der Waals surface area contributed by atoms with Crippen molar-refractivity contribution in [1.29, 1.82) is 0 Å². The molecule has 13 heteroatoms. The van der Waals surface area contributed by atoms with E-state index in [9.17, 15) is 34.4 Å². The van der Waals surface area contributed by atoms with Crippen LogP contribution in [0.15, 0.2) is 28.7 Å². The third-order valence-corrected chi connectivity index (χ3v) is 8.26. The van der Waals surface area contributed by atoms with Crippen LogP contribution in [-0.2, 0) is 37.0 Å². The van der Waals surface area contributed by atoms with Crippen LogP contribution in [-0.4, -0.2) is 48.6 Å². The van der Waals surface area contributed by atoms with E-state index in [4.69, 9.17) is 4.55 Å². The fourth-order valence-corrected chi connectivity index (χ4v) is 5.95. The van der Waals surface area contributed by atoms with Gasteiger partial charge < -0.3 is 0 Å². The summed E-state index contributed by atoms with van der Waals surface area (Å²) in [6, 6.07) is 3.43. The molecule has 2 aromatic rings. The second kappa shape index (κ2) is 7.39. The normalized spacial score (nSPS) is 17.2. The van der Waals surface area contributed by atoms with Gasteiger partial charge in [0.15, 0.2) is 0 Å². The minimum Gasteiger partial charge on any atom is -0.286 e. The molecule has 1 aromatic heterocycles. The lowest BCUT2D eigenvalue weighted by atomic mass is 9.71. The van der Waals surface area contributed by atoms with E-state index >= 15 is 0 Å². The van der Waals surface area contributed by atoms with Crippen molar-refractivity contribution in [1.82, 2.24) is 3.97 Å². The lowest BCUT2D eigenvalue weighted by molar-refractivity contribution is 0.424. The van der Waals surface area contributed by atoms with Crippen molar-refractivity contribution >= 4 is 47.0 Å². The zero-order valence-electron chi connectivity index (χ0n) is 17.0. The molecule has 0 saturated carbocycles. The lowest BCUT2D eigenvalue weighted by Gasteiger charge is -2.34. The number of hydrogen-bond donors (Lipinski definition) is 3. The van der Waals surface area contributed by atoms with E-state index in [1.807, 2.05) is 20.8 Å². The van der Waals surface area contributed by atoms with Crippen LogP contribution in [0.1, 0.15) is 44.9 Å². The molecule has 0 aliphatic heterocycles. The van der Waals surface area contributed by atoms with Gasteiger partial charge in [0.25, 0.3) is 20.2 Å². The average Bonchev–Trinajstić information content (AvgIpc) is 2.88. The smallest absolute Gasteiger partial charge is 0.286 e. The summed E-state index contributed by atoms with van der Waals surface area (Å²) in [6.45, 7) is 5.57. The highest BCUT2D eigenvalue weighted by Crippen LogP contribution is 2.48. The van der Waals surface area contributed by atoms with Crippen LogP contribution in [0.25, 0.3) is 16.5 Å². The van der Waals surface area contributed by atoms with E-state index in [1.165, 1.54) is 6.07 Å². The first-order valence-electron chi connectivity index (χ1n) is 9.22. The van der Waals surface area contributed by atoms with E-state index < -0.39 is 46.6 Å². The minimum absolute atomic E-state index is 0.0721. The van der Waals surface area contributed by atoms with Crippen LogP contribution in [0.5, 0.6) is 0 Å². The fraction of sp³-hybridized carbons (Fsp3) is 0.444. The fourth-order valence-electron chi connectivity index (χ4n) is 4.11. The molecule has 3 N–H and O–H groups in total. The molecule has 1 aromatic carbocycles. The Morgan fingerprint density at radius 2 is 1.65 bits per heavy atom. The summed E-state index contributed by atoms with van der Waals surface area (Å²) in [4.78, 5) is -0.535. The molecule has 0 atom stereocenters. The minimum atomic E-state index is -4.84. The zero-order valence-corrected chi connectivity index (χ0v) is 19.5. The van der Waals surface area contributed by atoms with Gasteiger partial charge in [0.05, 0.1) is 16.2 Å². The Morgan fingerprint density at radius 3 is 2.16 bits per heavy atom. The summed E-state index contributed by atoms with van der Waals surface area (Å²) >= 11 is 0. The summed E-state index contributed by atoms with van der Waals surface area (Å²) < 4.78 is 99.0. The molecule has 0 bridgehead atoms. The Bertz CT molecular complexity index is 1430. The number of benzene rings is 1. The highest BCUT2D eigenvalue weighted by atomic mass is 32.2. The van der Waals surface area contributed by atoms with Crippen molar-refractivity contribution < 1.29 is 38.9 Å². The molecule has 0 radical (unpaired) electrons. The number of hydrogen-bond acceptors (Lipinski definition) is 6. The van der Waals surface area contributed by atoms with E-state index in [-0.39, 0.29) is 30.5 Å². The van der Waals surface area contributed by atoms with Gasteiger partial charge in [-0.2, -0.15) is 25.3 Å². The third-order valence-electron chi connectivity index (χ3n) is 5.73. The van der Waals surface area contributed by atoms with Gasteiger partial charge in [-0.25, -0.2) is 3.97 Å². The lowest BCUT2D eigenvalue weighted by Crippen LogP contribution is -2.26. The Balaban J connectivity index is 2.37. The number of aromatic nitrogens is 1. The van der Waals surface area contributed by atoms with Gasteiger partial charge in [-0.1, -0.05) is 25.5 Å². The highest BCUT2D eigenvalue weighted by molar-refractivity contribution is 7.86. The van der Waals surface area contributed by atoms with E-state index in [0.29, 0.717) is 20.5 Å². The molecule has 31 heavy (non-hydrogen) atoms. The van der Waals surface area contributed by atoms with Gasteiger partial charge in [-0.15, -0.1) is 0 Å². The first-order valence-corrected chi connectivity index (χ1v) is 13.7. The van der Waals surface area contributed by atoms with Crippen LogP contribution in [0, 0.1) is 5.41 Å². The molecule has 172 valence electrons. The largest absolute Gasteiger partial charge is 0.364 e. The van der Waals surface area contributed by atoms with Crippen LogP contribution in [0.2, 0.25) is 0 Å². The maximum Gasteiger partial charge on any atom is 0.364 e. The topological polar surface area (TPSA) is 168 Å². The van der Waals surface area contributed by atoms with Crippen molar-refractivity contribution in [3.8, 4) is 0 Å². The van der Waals surface area contributed by atoms with Crippen LogP contribution in [0.3, 0.4) is 0 Å². The second-order valence-electron chi connectivity index (χ2n) is 8.27. The molecule has 0 saturated heterocycles. The highest BCUT2D eigenvalue weighted by Gasteiger charge is 2.37. The number of nitrogens with zero attached hydrogens (tertiary/aromatic N) is 1.